The van der Waals surface area contributed by atoms with Gasteiger partial charge in [0.15, 0.2) is 0 Å². The molecule has 0 aliphatic heterocycles. The second-order valence-corrected chi connectivity index (χ2v) is 4.74. The molecule has 0 saturated carbocycles. The number of methoxy groups -OCH3 is 2. The molecule has 2 rings (SSSR count). The first-order valence-corrected chi connectivity index (χ1v) is 7.16. The first-order valence-electron chi connectivity index (χ1n) is 7.16. The molecule has 0 heterocycles. The molecule has 0 aliphatic rings. The lowest BCUT2D eigenvalue weighted by atomic mass is 10.2. The fraction of sp³-hybridized carbons (Fsp3) is 0.118. The Morgan fingerprint density at radius 2 is 1.84 bits per heavy atom. The number of ether oxygens (including phenoxy) is 2. The fourth-order valence-corrected chi connectivity index (χ4v) is 1.89. The Morgan fingerprint density at radius 1 is 1.08 bits per heavy atom. The highest BCUT2D eigenvalue weighted by atomic mass is 19.1. The van der Waals surface area contributed by atoms with Crippen molar-refractivity contribution in [1.29, 1.82) is 0 Å². The molecule has 0 radical (unpaired) electrons. The molecule has 0 bridgehead atoms. The Balaban J connectivity index is 2.00. The highest BCUT2D eigenvalue weighted by Gasteiger charge is 2.14. The van der Waals surface area contributed by atoms with Crippen LogP contribution in [0.1, 0.15) is 5.56 Å². The van der Waals surface area contributed by atoms with Crippen molar-refractivity contribution in [3.63, 3.8) is 0 Å². The van der Waals surface area contributed by atoms with E-state index in [1.54, 1.807) is 18.2 Å². The molecule has 2 amide bonds. The summed E-state index contributed by atoms with van der Waals surface area (Å²) < 4.78 is 23.7. The van der Waals surface area contributed by atoms with Crippen LogP contribution in [0.2, 0.25) is 0 Å². The fourth-order valence-electron chi connectivity index (χ4n) is 1.89. The number of rotatable bonds is 5. The van der Waals surface area contributed by atoms with Crippen molar-refractivity contribution >= 4 is 23.7 Å². The average Bonchev–Trinajstić information content (AvgIpc) is 2.63. The van der Waals surface area contributed by atoms with Crippen molar-refractivity contribution in [2.24, 2.45) is 5.10 Å². The Hall–Kier alpha value is -3.42. The van der Waals surface area contributed by atoms with Crippen molar-refractivity contribution in [2.75, 3.05) is 19.5 Å². The Labute approximate surface area is 143 Å². The molecule has 0 fully saturated rings. The van der Waals surface area contributed by atoms with Crippen LogP contribution < -0.4 is 20.2 Å². The van der Waals surface area contributed by atoms with Gasteiger partial charge in [0.25, 0.3) is 0 Å². The maximum atomic E-state index is 13.4. The maximum absolute atomic E-state index is 13.4. The number of hydrazone groups is 1. The normalized spacial score (nSPS) is 10.4. The summed E-state index contributed by atoms with van der Waals surface area (Å²) in [5.74, 6) is -1.64. The Kier molecular flexibility index (Phi) is 6.05. The molecule has 130 valence electrons. The van der Waals surface area contributed by atoms with Gasteiger partial charge in [-0.1, -0.05) is 12.1 Å². The van der Waals surface area contributed by atoms with Crippen LogP contribution in [-0.2, 0) is 9.59 Å². The first-order chi connectivity index (χ1) is 12.0. The van der Waals surface area contributed by atoms with E-state index >= 15 is 0 Å². The summed E-state index contributed by atoms with van der Waals surface area (Å²) in [5.41, 5.74) is 2.50. The topological polar surface area (TPSA) is 89.0 Å². The van der Waals surface area contributed by atoms with Gasteiger partial charge in [0.1, 0.15) is 17.3 Å². The number of hydrogen-bond acceptors (Lipinski definition) is 5. The van der Waals surface area contributed by atoms with Crippen LogP contribution in [-0.4, -0.2) is 32.2 Å². The number of carbonyl (C=O) groups is 2. The van der Waals surface area contributed by atoms with E-state index in [0.717, 1.165) is 0 Å². The van der Waals surface area contributed by atoms with Gasteiger partial charge in [0, 0.05) is 5.56 Å². The minimum absolute atomic E-state index is 0.0962. The summed E-state index contributed by atoms with van der Waals surface area (Å²) in [5, 5.41) is 5.85. The Morgan fingerprint density at radius 3 is 2.52 bits per heavy atom. The van der Waals surface area contributed by atoms with Gasteiger partial charge in [0.2, 0.25) is 0 Å². The molecule has 0 aliphatic carbocycles. The second kappa shape index (κ2) is 8.44. The van der Waals surface area contributed by atoms with Crippen LogP contribution >= 0.6 is 0 Å². The first kappa shape index (κ1) is 17.9. The Bertz CT molecular complexity index is 808. The van der Waals surface area contributed by atoms with Crippen LogP contribution in [0.4, 0.5) is 10.1 Å². The minimum atomic E-state index is -1.04. The van der Waals surface area contributed by atoms with Crippen molar-refractivity contribution < 1.29 is 23.5 Å². The molecule has 0 unspecified atom stereocenters. The van der Waals surface area contributed by atoms with Crippen molar-refractivity contribution in [2.45, 2.75) is 0 Å². The molecule has 0 saturated heterocycles. The second-order valence-electron chi connectivity index (χ2n) is 4.74. The molecule has 25 heavy (non-hydrogen) atoms. The zero-order valence-electron chi connectivity index (χ0n) is 13.6. The van der Waals surface area contributed by atoms with E-state index in [4.69, 9.17) is 9.47 Å². The zero-order chi connectivity index (χ0) is 18.2. The van der Waals surface area contributed by atoms with E-state index in [0.29, 0.717) is 17.1 Å². The highest BCUT2D eigenvalue weighted by Crippen LogP contribution is 2.22. The van der Waals surface area contributed by atoms with E-state index in [9.17, 15) is 14.0 Å². The van der Waals surface area contributed by atoms with Crippen molar-refractivity contribution in [3.05, 3.63) is 53.8 Å². The highest BCUT2D eigenvalue weighted by molar-refractivity contribution is 6.39. The van der Waals surface area contributed by atoms with Crippen molar-refractivity contribution in [1.82, 2.24) is 5.43 Å². The third-order valence-electron chi connectivity index (χ3n) is 3.13. The summed E-state index contributed by atoms with van der Waals surface area (Å²) >= 11 is 0. The lowest BCUT2D eigenvalue weighted by molar-refractivity contribution is -0.136. The van der Waals surface area contributed by atoms with Gasteiger partial charge in [-0.2, -0.15) is 5.10 Å². The number of benzene rings is 2. The van der Waals surface area contributed by atoms with Crippen LogP contribution in [0.15, 0.2) is 47.6 Å². The predicted octanol–water partition coefficient (Wildman–Crippen LogP) is 1.93. The van der Waals surface area contributed by atoms with Gasteiger partial charge in [-0.05, 0) is 30.3 Å². The molecule has 2 aromatic rings. The van der Waals surface area contributed by atoms with Gasteiger partial charge < -0.3 is 14.8 Å². The lowest BCUT2D eigenvalue weighted by Gasteiger charge is -2.07. The molecule has 0 atom stereocenters. The third kappa shape index (κ3) is 4.77. The molecular weight excluding hydrogens is 329 g/mol. The number of anilines is 1. The number of nitrogens with one attached hydrogen (secondary N) is 2. The summed E-state index contributed by atoms with van der Waals surface area (Å²) in [6.45, 7) is 0. The number of halogens is 1. The number of nitrogens with zero attached hydrogens (tertiary/aromatic N) is 1. The third-order valence-corrected chi connectivity index (χ3v) is 3.13. The number of hydrogen-bond donors (Lipinski definition) is 2. The molecule has 2 N–H and O–H groups in total. The standard InChI is InChI=1S/C17H16FN3O4/c1-24-12-7-8-15(25-2)11(9-12)10-19-21-17(23)16(22)20-14-6-4-3-5-13(14)18/h3-10H,1-2H3,(H,20,22)(H,21,23)/b19-10+. The monoisotopic (exact) mass is 345 g/mol. The number of para-hydroxylation sites is 1. The van der Waals surface area contributed by atoms with E-state index < -0.39 is 17.6 Å². The summed E-state index contributed by atoms with van der Waals surface area (Å²) in [6, 6.07) is 10.5. The van der Waals surface area contributed by atoms with Crippen LogP contribution in [0.5, 0.6) is 11.5 Å². The molecule has 2 aromatic carbocycles. The van der Waals surface area contributed by atoms with E-state index in [1.807, 2.05) is 0 Å². The predicted molar refractivity (Wildman–Crippen MR) is 90.3 cm³/mol. The van der Waals surface area contributed by atoms with Crippen molar-refractivity contribution in [3.8, 4) is 11.5 Å². The van der Waals surface area contributed by atoms with E-state index in [1.165, 1.54) is 44.7 Å². The molecule has 0 aromatic heterocycles. The summed E-state index contributed by atoms with van der Waals surface area (Å²) in [6.07, 6.45) is 1.30. The zero-order valence-corrected chi connectivity index (χ0v) is 13.6. The van der Waals surface area contributed by atoms with E-state index in [-0.39, 0.29) is 5.69 Å². The summed E-state index contributed by atoms with van der Waals surface area (Å²) in [7, 11) is 3.00. The molecule has 8 heteroatoms. The van der Waals surface area contributed by atoms with Crippen LogP contribution in [0, 0.1) is 5.82 Å². The number of amides is 2. The van der Waals surface area contributed by atoms with Crippen LogP contribution in [0.25, 0.3) is 0 Å². The average molecular weight is 345 g/mol. The maximum Gasteiger partial charge on any atom is 0.329 e. The van der Waals surface area contributed by atoms with Gasteiger partial charge in [-0.3, -0.25) is 9.59 Å². The van der Waals surface area contributed by atoms with Gasteiger partial charge in [-0.15, -0.1) is 0 Å². The molecular formula is C17H16FN3O4. The van der Waals surface area contributed by atoms with Gasteiger partial charge in [-0.25, -0.2) is 9.82 Å². The lowest BCUT2D eigenvalue weighted by Crippen LogP contribution is -2.32. The van der Waals surface area contributed by atoms with Gasteiger partial charge in [0.05, 0.1) is 26.1 Å². The van der Waals surface area contributed by atoms with Crippen LogP contribution in [0.3, 0.4) is 0 Å². The largest absolute Gasteiger partial charge is 0.497 e. The van der Waals surface area contributed by atoms with Gasteiger partial charge >= 0.3 is 11.8 Å². The van der Waals surface area contributed by atoms with E-state index in [2.05, 4.69) is 15.8 Å². The number of carbonyl (C=O) groups excluding carboxylic acids is 2. The molecule has 0 spiro atoms. The summed E-state index contributed by atoms with van der Waals surface area (Å²) in [4.78, 5) is 23.4. The minimum Gasteiger partial charge on any atom is -0.497 e. The quantitative estimate of drug-likeness (QED) is 0.492. The SMILES string of the molecule is COc1ccc(OC)c(/C=N/NC(=O)C(=O)Nc2ccccc2F)c1. The molecule has 7 nitrogen and oxygen atoms in total. The smallest absolute Gasteiger partial charge is 0.329 e.